The fourth-order valence-corrected chi connectivity index (χ4v) is 4.13. The molecule has 0 aromatic carbocycles. The summed E-state index contributed by atoms with van der Waals surface area (Å²) in [5, 5.41) is 12.2. The molecule has 2 atom stereocenters. The normalized spacial score (nSPS) is 26.2. The molecule has 1 heterocycles. The van der Waals surface area contributed by atoms with Crippen molar-refractivity contribution in [3.63, 3.8) is 0 Å². The van der Waals surface area contributed by atoms with Crippen molar-refractivity contribution < 1.29 is 14.7 Å². The highest BCUT2D eigenvalue weighted by Gasteiger charge is 2.46. The number of carbonyl (C=O) groups excluding carboxylic acids is 1. The van der Waals surface area contributed by atoms with Crippen molar-refractivity contribution in [2.75, 3.05) is 0 Å². The first-order valence-electron chi connectivity index (χ1n) is 6.37. The maximum atomic E-state index is 12.3. The van der Waals surface area contributed by atoms with Crippen molar-refractivity contribution >= 4 is 46.4 Å². The third-order valence-electron chi connectivity index (χ3n) is 3.92. The average Bonchev–Trinajstić information content (AvgIpc) is 2.71. The van der Waals surface area contributed by atoms with Gasteiger partial charge in [-0.15, -0.1) is 11.3 Å². The number of aliphatic carboxylic acids is 1. The maximum Gasteiger partial charge on any atom is 0.329 e. The van der Waals surface area contributed by atoms with Gasteiger partial charge in [-0.1, -0.05) is 43.0 Å². The standard InChI is InChI=1S/C13H15Cl2NO3S/c1-7-4-2-3-5-13(7,12(18)19)16-11(17)8-6-9(14)20-10(8)15/h6-7H,2-5H2,1H3,(H,16,17)(H,18,19). The smallest absolute Gasteiger partial charge is 0.329 e. The summed E-state index contributed by atoms with van der Waals surface area (Å²) in [5.41, 5.74) is -0.979. The zero-order valence-corrected chi connectivity index (χ0v) is 13.2. The number of rotatable bonds is 3. The van der Waals surface area contributed by atoms with Crippen molar-refractivity contribution in [2.45, 2.75) is 38.1 Å². The highest BCUT2D eigenvalue weighted by atomic mass is 35.5. The zero-order valence-electron chi connectivity index (χ0n) is 10.9. The predicted molar refractivity (Wildman–Crippen MR) is 79.8 cm³/mol. The van der Waals surface area contributed by atoms with Crippen LogP contribution in [0.25, 0.3) is 0 Å². The molecule has 0 aliphatic heterocycles. The van der Waals surface area contributed by atoms with Crippen LogP contribution in [0.1, 0.15) is 43.0 Å². The molecule has 2 N–H and O–H groups in total. The van der Waals surface area contributed by atoms with Gasteiger partial charge in [0.2, 0.25) is 0 Å². The number of carboxylic acid groups (broad SMARTS) is 1. The first-order chi connectivity index (χ1) is 9.36. The van der Waals surface area contributed by atoms with Gasteiger partial charge in [0.15, 0.2) is 0 Å². The number of nitrogens with one attached hydrogen (secondary N) is 1. The predicted octanol–water partition coefficient (Wildman–Crippen LogP) is 3.82. The van der Waals surface area contributed by atoms with Gasteiger partial charge in [0.1, 0.15) is 9.88 Å². The van der Waals surface area contributed by atoms with E-state index in [9.17, 15) is 14.7 Å². The van der Waals surface area contributed by atoms with Crippen molar-refractivity contribution in [3.05, 3.63) is 20.3 Å². The third kappa shape index (κ3) is 2.80. The van der Waals surface area contributed by atoms with E-state index in [0.29, 0.717) is 10.8 Å². The lowest BCUT2D eigenvalue weighted by Gasteiger charge is -2.39. The highest BCUT2D eigenvalue weighted by Crippen LogP contribution is 2.36. The molecule has 0 spiro atoms. The molecular formula is C13H15Cl2NO3S. The second-order valence-corrected chi connectivity index (χ2v) is 7.40. The Kier molecular flexibility index (Phi) is 4.62. The molecule has 7 heteroatoms. The van der Waals surface area contributed by atoms with Gasteiger partial charge in [0.25, 0.3) is 5.91 Å². The Hall–Kier alpha value is -0.780. The second-order valence-electron chi connectivity index (χ2n) is 5.12. The van der Waals surface area contributed by atoms with Gasteiger partial charge in [-0.3, -0.25) is 4.79 Å². The van der Waals surface area contributed by atoms with Gasteiger partial charge in [-0.05, 0) is 24.8 Å². The van der Waals surface area contributed by atoms with Crippen LogP contribution in [0, 0.1) is 5.92 Å². The maximum absolute atomic E-state index is 12.3. The van der Waals surface area contributed by atoms with Crippen LogP contribution in [-0.4, -0.2) is 22.5 Å². The molecule has 1 aromatic heterocycles. The molecule has 110 valence electrons. The topological polar surface area (TPSA) is 66.4 Å². The van der Waals surface area contributed by atoms with E-state index in [4.69, 9.17) is 23.2 Å². The number of halogens is 2. The summed E-state index contributed by atoms with van der Waals surface area (Å²) in [6, 6.07) is 1.47. The summed E-state index contributed by atoms with van der Waals surface area (Å²) in [6.07, 6.45) is 2.99. The van der Waals surface area contributed by atoms with Crippen LogP contribution in [0.2, 0.25) is 8.67 Å². The molecule has 1 saturated carbocycles. The van der Waals surface area contributed by atoms with E-state index in [1.54, 1.807) is 0 Å². The van der Waals surface area contributed by atoms with E-state index in [0.717, 1.165) is 30.6 Å². The van der Waals surface area contributed by atoms with Crippen molar-refractivity contribution in [3.8, 4) is 0 Å². The zero-order chi connectivity index (χ0) is 14.9. The first kappa shape index (κ1) is 15.6. The number of thiophene rings is 1. The number of carboxylic acids is 1. The molecule has 1 fully saturated rings. The average molecular weight is 336 g/mol. The number of hydrogen-bond acceptors (Lipinski definition) is 3. The van der Waals surface area contributed by atoms with E-state index in [1.165, 1.54) is 6.07 Å². The van der Waals surface area contributed by atoms with E-state index >= 15 is 0 Å². The van der Waals surface area contributed by atoms with Crippen LogP contribution in [0.15, 0.2) is 6.07 Å². The van der Waals surface area contributed by atoms with Gasteiger partial charge in [-0.2, -0.15) is 0 Å². The lowest BCUT2D eigenvalue weighted by molar-refractivity contribution is -0.148. The Morgan fingerprint density at radius 3 is 2.65 bits per heavy atom. The Balaban J connectivity index is 2.27. The fraction of sp³-hybridized carbons (Fsp3) is 0.538. The van der Waals surface area contributed by atoms with E-state index < -0.39 is 17.4 Å². The molecule has 1 amide bonds. The minimum Gasteiger partial charge on any atom is -0.479 e. The fourth-order valence-electron chi connectivity index (χ4n) is 2.67. The summed E-state index contributed by atoms with van der Waals surface area (Å²) in [4.78, 5) is 24.0. The molecule has 0 bridgehead atoms. The van der Waals surface area contributed by atoms with Crippen LogP contribution in [-0.2, 0) is 4.79 Å². The quantitative estimate of drug-likeness (QED) is 0.882. The van der Waals surface area contributed by atoms with E-state index in [2.05, 4.69) is 5.32 Å². The van der Waals surface area contributed by atoms with E-state index in [1.807, 2.05) is 6.92 Å². The molecule has 20 heavy (non-hydrogen) atoms. The summed E-state index contributed by atoms with van der Waals surface area (Å²) >= 11 is 12.9. The van der Waals surface area contributed by atoms with Gasteiger partial charge in [0.05, 0.1) is 9.90 Å². The first-order valence-corrected chi connectivity index (χ1v) is 7.95. The number of hydrogen-bond donors (Lipinski definition) is 2. The molecule has 0 saturated heterocycles. The molecule has 2 unspecified atom stereocenters. The van der Waals surface area contributed by atoms with Crippen LogP contribution in [0.3, 0.4) is 0 Å². The number of carbonyl (C=O) groups is 2. The molecule has 4 nitrogen and oxygen atoms in total. The molecule has 1 aromatic rings. The Labute approximate surface area is 131 Å². The van der Waals surface area contributed by atoms with Crippen molar-refractivity contribution in [2.24, 2.45) is 5.92 Å². The molecule has 1 aliphatic rings. The monoisotopic (exact) mass is 335 g/mol. The van der Waals surface area contributed by atoms with Crippen LogP contribution in [0.5, 0.6) is 0 Å². The van der Waals surface area contributed by atoms with Crippen LogP contribution < -0.4 is 5.32 Å². The lowest BCUT2D eigenvalue weighted by Crippen LogP contribution is -2.60. The third-order valence-corrected chi connectivity index (χ3v) is 5.41. The second kappa shape index (κ2) is 5.92. The molecule has 0 radical (unpaired) electrons. The van der Waals surface area contributed by atoms with Crippen LogP contribution >= 0.6 is 34.5 Å². The Morgan fingerprint density at radius 1 is 1.45 bits per heavy atom. The van der Waals surface area contributed by atoms with Gasteiger partial charge >= 0.3 is 5.97 Å². The minimum atomic E-state index is -1.22. The SMILES string of the molecule is CC1CCCCC1(NC(=O)c1cc(Cl)sc1Cl)C(=O)O. The van der Waals surface area contributed by atoms with Crippen molar-refractivity contribution in [1.29, 1.82) is 0 Å². The van der Waals surface area contributed by atoms with Gasteiger partial charge in [-0.25, -0.2) is 4.79 Å². The van der Waals surface area contributed by atoms with Gasteiger partial charge < -0.3 is 10.4 Å². The Bertz CT molecular complexity index is 546. The summed E-state index contributed by atoms with van der Waals surface area (Å²) in [6.45, 7) is 1.86. The van der Waals surface area contributed by atoms with Gasteiger partial charge in [0, 0.05) is 0 Å². The summed E-state index contributed by atoms with van der Waals surface area (Å²) < 4.78 is 0.678. The highest BCUT2D eigenvalue weighted by molar-refractivity contribution is 7.20. The summed E-state index contributed by atoms with van der Waals surface area (Å²) in [7, 11) is 0. The van der Waals surface area contributed by atoms with E-state index in [-0.39, 0.29) is 15.8 Å². The Morgan fingerprint density at radius 2 is 2.15 bits per heavy atom. The minimum absolute atomic E-state index is 0.120. The molecule has 2 rings (SSSR count). The molecule has 1 aliphatic carbocycles. The lowest BCUT2D eigenvalue weighted by atomic mass is 9.73. The van der Waals surface area contributed by atoms with Crippen molar-refractivity contribution in [1.82, 2.24) is 5.32 Å². The summed E-state index contributed by atoms with van der Waals surface area (Å²) in [5.74, 6) is -1.59. The number of amides is 1. The molecular weight excluding hydrogens is 321 g/mol. The van der Waals surface area contributed by atoms with Crippen LogP contribution in [0.4, 0.5) is 0 Å². The largest absolute Gasteiger partial charge is 0.479 e.